The molecule has 3 aromatic carbocycles. The van der Waals surface area contributed by atoms with Gasteiger partial charge >= 0.3 is 0 Å². The standard InChI is InChI=1S/C25H25N2/c1-15-10-17(3)24(18(4)11-15)21-8-7-9-22(23(21)14-27-26)25-19(5)12-16(2)13-20(25)6/h7-13H,1-6H3/q-1. The van der Waals surface area contributed by atoms with Crippen molar-refractivity contribution in [3.63, 3.8) is 0 Å². The Bertz CT molecular complexity index is 962. The average molecular weight is 353 g/mol. The molecule has 2 heteroatoms. The fourth-order valence-electron chi connectivity index (χ4n) is 4.35. The number of benzene rings is 3. The Hall–Kier alpha value is -2.96. The third kappa shape index (κ3) is 3.49. The smallest absolute Gasteiger partial charge is 0.250 e. The van der Waals surface area contributed by atoms with Crippen molar-refractivity contribution in [3.05, 3.63) is 86.9 Å². The molecule has 0 aliphatic heterocycles. The summed E-state index contributed by atoms with van der Waals surface area (Å²) >= 11 is 0. The van der Waals surface area contributed by atoms with Gasteiger partial charge < -0.3 is 5.53 Å². The van der Waals surface area contributed by atoms with E-state index in [0.717, 1.165) is 16.7 Å². The summed E-state index contributed by atoms with van der Waals surface area (Å²) in [5.41, 5.74) is 21.9. The molecule has 0 aromatic heterocycles. The van der Waals surface area contributed by atoms with Crippen molar-refractivity contribution in [2.45, 2.75) is 41.5 Å². The normalized spacial score (nSPS) is 10.6. The number of hydrogen-bond acceptors (Lipinski definition) is 0. The molecule has 0 saturated carbocycles. The maximum atomic E-state index is 9.34. The van der Waals surface area contributed by atoms with Crippen LogP contribution in [0.25, 0.3) is 27.8 Å². The lowest BCUT2D eigenvalue weighted by molar-refractivity contribution is 0.00464. The van der Waals surface area contributed by atoms with Gasteiger partial charge in [0.25, 0.3) is 6.21 Å². The molecule has 3 aromatic rings. The van der Waals surface area contributed by atoms with Gasteiger partial charge in [-0.05, 0) is 41.5 Å². The van der Waals surface area contributed by atoms with Crippen molar-refractivity contribution in [3.8, 4) is 22.3 Å². The van der Waals surface area contributed by atoms with Crippen molar-refractivity contribution in [2.24, 2.45) is 0 Å². The molecule has 27 heavy (non-hydrogen) atoms. The van der Waals surface area contributed by atoms with Gasteiger partial charge in [0.2, 0.25) is 0 Å². The zero-order chi connectivity index (χ0) is 19.7. The molecule has 3 rings (SSSR count). The predicted molar refractivity (Wildman–Crippen MR) is 113 cm³/mol. The van der Waals surface area contributed by atoms with E-state index in [-0.39, 0.29) is 0 Å². The Balaban J connectivity index is 2.39. The zero-order valence-electron chi connectivity index (χ0n) is 16.9. The van der Waals surface area contributed by atoms with Gasteiger partial charge in [0.05, 0.1) is 0 Å². The van der Waals surface area contributed by atoms with E-state index in [1.54, 1.807) is 0 Å². The average Bonchev–Trinajstić information content (AvgIpc) is 2.55. The van der Waals surface area contributed by atoms with Crippen molar-refractivity contribution in [1.82, 2.24) is 0 Å². The third-order valence-corrected chi connectivity index (χ3v) is 5.12. The van der Waals surface area contributed by atoms with E-state index in [1.165, 1.54) is 44.5 Å². The van der Waals surface area contributed by atoms with Crippen LogP contribution in [-0.4, -0.2) is 11.0 Å². The number of rotatable bonds is 3. The van der Waals surface area contributed by atoms with E-state index in [1.807, 2.05) is 0 Å². The molecule has 0 spiro atoms. The summed E-state index contributed by atoms with van der Waals surface area (Å²) in [6.45, 7) is 12.7. The highest BCUT2D eigenvalue weighted by Crippen LogP contribution is 2.37. The minimum atomic E-state index is 0.824. The number of hydrogen-bond donors (Lipinski definition) is 0. The van der Waals surface area contributed by atoms with Gasteiger partial charge in [0.15, 0.2) is 0 Å². The first-order chi connectivity index (χ1) is 12.8. The zero-order valence-corrected chi connectivity index (χ0v) is 16.9. The molecule has 0 atom stereocenters. The molecule has 0 heterocycles. The highest BCUT2D eigenvalue weighted by atomic mass is 14.8. The summed E-state index contributed by atoms with van der Waals surface area (Å²) in [5.74, 6) is 0. The Labute approximate surface area is 162 Å². The SMILES string of the molecule is Cc1cc(C)c(-c2cccc(-c3c(C)cc(C)cc3C)c2[C-]=[N+]=[N-])c(C)c1. The highest BCUT2D eigenvalue weighted by Gasteiger charge is 2.12. The number of aryl methyl sites for hydroxylation is 6. The van der Waals surface area contributed by atoms with E-state index in [4.69, 9.17) is 0 Å². The van der Waals surface area contributed by atoms with Crippen LogP contribution in [0, 0.1) is 41.5 Å². The van der Waals surface area contributed by atoms with Crippen LogP contribution in [-0.2, 0) is 0 Å². The summed E-state index contributed by atoms with van der Waals surface area (Å²) in [7, 11) is 0. The lowest BCUT2D eigenvalue weighted by Gasteiger charge is -2.24. The van der Waals surface area contributed by atoms with Crippen LogP contribution in [0.3, 0.4) is 0 Å². The van der Waals surface area contributed by atoms with Crippen molar-refractivity contribution < 1.29 is 4.79 Å². The molecule has 0 amide bonds. The van der Waals surface area contributed by atoms with Gasteiger partial charge in [-0.25, -0.2) is 4.79 Å². The maximum Gasteiger partial charge on any atom is 0.250 e. The molecule has 0 bridgehead atoms. The molecule has 2 nitrogen and oxygen atoms in total. The number of nitrogens with zero attached hydrogens (tertiary/aromatic N) is 2. The molecule has 0 aliphatic rings. The minimum Gasteiger partial charge on any atom is -0.377 e. The van der Waals surface area contributed by atoms with Crippen LogP contribution in [0.1, 0.15) is 38.9 Å². The first kappa shape index (κ1) is 18.8. The van der Waals surface area contributed by atoms with Crippen LogP contribution < -0.4 is 0 Å². The Morgan fingerprint density at radius 1 is 0.667 bits per heavy atom. The first-order valence-electron chi connectivity index (χ1n) is 9.23. The van der Waals surface area contributed by atoms with E-state index in [0.29, 0.717) is 0 Å². The molecular weight excluding hydrogens is 328 g/mol. The lowest BCUT2D eigenvalue weighted by atomic mass is 9.85. The monoisotopic (exact) mass is 353 g/mol. The van der Waals surface area contributed by atoms with Gasteiger partial charge in [-0.15, -0.1) is 23.3 Å². The van der Waals surface area contributed by atoms with Crippen molar-refractivity contribution in [2.75, 3.05) is 0 Å². The van der Waals surface area contributed by atoms with Crippen LogP contribution >= 0.6 is 0 Å². The van der Waals surface area contributed by atoms with E-state index in [2.05, 4.69) is 95.0 Å². The summed E-state index contributed by atoms with van der Waals surface area (Å²) in [6, 6.07) is 15.0. The van der Waals surface area contributed by atoms with Crippen LogP contribution in [0.4, 0.5) is 0 Å². The summed E-state index contributed by atoms with van der Waals surface area (Å²) in [4.78, 5) is 3.28. The topological polar surface area (TPSA) is 36.4 Å². The van der Waals surface area contributed by atoms with Gasteiger partial charge in [0, 0.05) is 0 Å². The second kappa shape index (κ2) is 7.34. The second-order valence-corrected chi connectivity index (χ2v) is 7.49. The molecule has 0 saturated heterocycles. The van der Waals surface area contributed by atoms with Gasteiger partial charge in [-0.1, -0.05) is 80.4 Å². The van der Waals surface area contributed by atoms with Crippen molar-refractivity contribution >= 4 is 6.21 Å². The fraction of sp³-hybridized carbons (Fsp3) is 0.240. The maximum absolute atomic E-state index is 9.34. The summed E-state index contributed by atoms with van der Waals surface area (Å²) in [6.07, 6.45) is 2.86. The molecule has 0 fully saturated rings. The van der Waals surface area contributed by atoms with E-state index >= 15 is 0 Å². The van der Waals surface area contributed by atoms with Gasteiger partial charge in [-0.2, -0.15) is 0 Å². The largest absolute Gasteiger partial charge is 0.377 e. The molecular formula is C25H25N2-. The fourth-order valence-corrected chi connectivity index (χ4v) is 4.35. The quantitative estimate of drug-likeness (QED) is 0.226. The van der Waals surface area contributed by atoms with E-state index in [9.17, 15) is 5.53 Å². The van der Waals surface area contributed by atoms with E-state index < -0.39 is 0 Å². The Morgan fingerprint density at radius 3 is 1.37 bits per heavy atom. The van der Waals surface area contributed by atoms with Crippen LogP contribution in [0.5, 0.6) is 0 Å². The molecule has 136 valence electrons. The lowest BCUT2D eigenvalue weighted by Crippen LogP contribution is -2.00. The molecule has 0 N–H and O–H groups in total. The summed E-state index contributed by atoms with van der Waals surface area (Å²) < 4.78 is 0. The minimum absolute atomic E-state index is 0.824. The molecule has 0 unspecified atom stereocenters. The van der Waals surface area contributed by atoms with Crippen LogP contribution in [0.15, 0.2) is 42.5 Å². The Morgan fingerprint density at radius 2 is 1.04 bits per heavy atom. The Kier molecular flexibility index (Phi) is 5.12. The highest BCUT2D eigenvalue weighted by molar-refractivity contribution is 5.98. The summed E-state index contributed by atoms with van der Waals surface area (Å²) in [5, 5.41) is 0. The van der Waals surface area contributed by atoms with Crippen LogP contribution in [0.2, 0.25) is 0 Å². The van der Waals surface area contributed by atoms with Gasteiger partial charge in [0.1, 0.15) is 0 Å². The molecule has 0 aliphatic carbocycles. The first-order valence-corrected chi connectivity index (χ1v) is 9.23. The molecule has 0 radical (unpaired) electrons. The second-order valence-electron chi connectivity index (χ2n) is 7.49. The predicted octanol–water partition coefficient (Wildman–Crippen LogP) is 6.40. The van der Waals surface area contributed by atoms with Gasteiger partial charge in [-0.3, -0.25) is 0 Å². The third-order valence-electron chi connectivity index (χ3n) is 5.12. The van der Waals surface area contributed by atoms with Crippen molar-refractivity contribution in [1.29, 1.82) is 0 Å².